The molecule has 1 N–H and O–H groups in total. The summed E-state index contributed by atoms with van der Waals surface area (Å²) in [7, 11) is 0. The Bertz CT molecular complexity index is 190. The molecule has 2 heterocycles. The highest BCUT2D eigenvalue weighted by molar-refractivity contribution is 4.78. The molecule has 3 nitrogen and oxygen atoms in total. The van der Waals surface area contributed by atoms with Crippen molar-refractivity contribution in [3.8, 4) is 0 Å². The van der Waals surface area contributed by atoms with Crippen LogP contribution in [0.15, 0.2) is 0 Å². The lowest BCUT2D eigenvalue weighted by molar-refractivity contribution is -0.0631. The predicted octanol–water partition coefficient (Wildman–Crippen LogP) is 1.44. The Labute approximate surface area is 93.2 Å². The van der Waals surface area contributed by atoms with Crippen molar-refractivity contribution in [3.63, 3.8) is 0 Å². The van der Waals surface area contributed by atoms with Gasteiger partial charge in [-0.2, -0.15) is 0 Å². The topological polar surface area (TPSA) is 24.5 Å². The van der Waals surface area contributed by atoms with Crippen LogP contribution in [0.5, 0.6) is 0 Å². The van der Waals surface area contributed by atoms with Gasteiger partial charge in [0.25, 0.3) is 0 Å². The van der Waals surface area contributed by atoms with E-state index in [4.69, 9.17) is 4.74 Å². The van der Waals surface area contributed by atoms with Gasteiger partial charge in [-0.3, -0.25) is 5.32 Å². The van der Waals surface area contributed by atoms with Crippen LogP contribution in [0.3, 0.4) is 0 Å². The fourth-order valence-electron chi connectivity index (χ4n) is 2.32. The summed E-state index contributed by atoms with van der Waals surface area (Å²) in [5, 5.41) is 3.48. The molecule has 2 aliphatic heterocycles. The van der Waals surface area contributed by atoms with E-state index >= 15 is 0 Å². The average Bonchev–Trinajstić information content (AvgIpc) is 2.69. The molecule has 0 radical (unpaired) electrons. The number of rotatable bonds is 3. The van der Waals surface area contributed by atoms with Crippen molar-refractivity contribution < 1.29 is 4.74 Å². The van der Waals surface area contributed by atoms with Gasteiger partial charge >= 0.3 is 0 Å². The molecule has 2 aliphatic rings. The minimum absolute atomic E-state index is 0.290. The summed E-state index contributed by atoms with van der Waals surface area (Å²) in [6.07, 6.45) is 4.19. The van der Waals surface area contributed by atoms with Crippen LogP contribution in [0, 0.1) is 5.41 Å². The molecule has 0 aromatic heterocycles. The van der Waals surface area contributed by atoms with Gasteiger partial charge in [0, 0.05) is 18.5 Å². The largest absolute Gasteiger partial charge is 0.363 e. The van der Waals surface area contributed by atoms with Crippen LogP contribution in [-0.2, 0) is 4.74 Å². The van der Waals surface area contributed by atoms with Crippen LogP contribution in [0.4, 0.5) is 0 Å². The summed E-state index contributed by atoms with van der Waals surface area (Å²) in [5.74, 6) is 0. The molecule has 0 aliphatic carbocycles. The van der Waals surface area contributed by atoms with Gasteiger partial charge in [-0.1, -0.05) is 13.8 Å². The fraction of sp³-hybridized carbons (Fsp3) is 1.00. The first kappa shape index (κ1) is 11.4. The van der Waals surface area contributed by atoms with Crippen molar-refractivity contribution in [1.82, 2.24) is 10.2 Å². The maximum atomic E-state index is 5.82. The van der Waals surface area contributed by atoms with E-state index in [0.29, 0.717) is 11.6 Å². The molecule has 2 fully saturated rings. The number of nitrogens with one attached hydrogen (secondary N) is 1. The first-order valence-corrected chi connectivity index (χ1v) is 6.23. The van der Waals surface area contributed by atoms with E-state index in [1.165, 1.54) is 32.5 Å². The number of nitrogens with zero attached hydrogens (tertiary/aromatic N) is 1. The molecule has 0 saturated carbocycles. The van der Waals surface area contributed by atoms with Crippen molar-refractivity contribution in [1.29, 1.82) is 0 Å². The minimum atomic E-state index is 0.290. The van der Waals surface area contributed by atoms with Gasteiger partial charge in [-0.05, 0) is 32.4 Å². The van der Waals surface area contributed by atoms with Crippen molar-refractivity contribution in [2.75, 3.05) is 32.8 Å². The molecule has 1 unspecified atom stereocenters. The Morgan fingerprint density at radius 3 is 2.67 bits per heavy atom. The summed E-state index contributed by atoms with van der Waals surface area (Å²) in [5.41, 5.74) is 0.310. The molecule has 0 aromatic rings. The van der Waals surface area contributed by atoms with E-state index < -0.39 is 0 Å². The van der Waals surface area contributed by atoms with Crippen LogP contribution in [0.1, 0.15) is 33.1 Å². The van der Waals surface area contributed by atoms with Gasteiger partial charge in [-0.15, -0.1) is 0 Å². The number of ether oxygens (including phenoxy) is 1. The summed E-state index contributed by atoms with van der Waals surface area (Å²) in [6.45, 7) is 10.2. The van der Waals surface area contributed by atoms with Crippen LogP contribution in [-0.4, -0.2) is 43.9 Å². The average molecular weight is 212 g/mol. The molecule has 3 heteroatoms. The van der Waals surface area contributed by atoms with E-state index in [0.717, 1.165) is 19.6 Å². The zero-order chi connectivity index (χ0) is 10.7. The first-order chi connectivity index (χ1) is 7.16. The molecule has 0 spiro atoms. The Morgan fingerprint density at radius 1 is 1.33 bits per heavy atom. The zero-order valence-electron chi connectivity index (χ0n) is 10.1. The monoisotopic (exact) mass is 212 g/mol. The third-order valence-corrected chi connectivity index (χ3v) is 3.39. The highest BCUT2D eigenvalue weighted by Gasteiger charge is 2.27. The van der Waals surface area contributed by atoms with Crippen molar-refractivity contribution in [2.24, 2.45) is 5.41 Å². The maximum Gasteiger partial charge on any atom is 0.109 e. The third kappa shape index (κ3) is 3.44. The van der Waals surface area contributed by atoms with Gasteiger partial charge in [-0.25, -0.2) is 0 Å². The Kier molecular flexibility index (Phi) is 3.65. The lowest BCUT2D eigenvalue weighted by Crippen LogP contribution is -2.48. The lowest BCUT2D eigenvalue weighted by atomic mass is 9.93. The number of hydrogen-bond donors (Lipinski definition) is 1. The van der Waals surface area contributed by atoms with Gasteiger partial charge in [0.05, 0.1) is 6.61 Å². The highest BCUT2D eigenvalue weighted by atomic mass is 16.5. The van der Waals surface area contributed by atoms with Crippen LogP contribution in [0.2, 0.25) is 0 Å². The minimum Gasteiger partial charge on any atom is -0.363 e. The first-order valence-electron chi connectivity index (χ1n) is 6.23. The van der Waals surface area contributed by atoms with Gasteiger partial charge < -0.3 is 9.64 Å². The van der Waals surface area contributed by atoms with E-state index in [1.807, 2.05) is 0 Å². The second kappa shape index (κ2) is 4.81. The molecule has 1 atom stereocenters. The zero-order valence-corrected chi connectivity index (χ0v) is 10.1. The summed E-state index contributed by atoms with van der Waals surface area (Å²) >= 11 is 0. The quantitative estimate of drug-likeness (QED) is 0.766. The Balaban J connectivity index is 1.64. The second-order valence-electron chi connectivity index (χ2n) is 5.68. The second-order valence-corrected chi connectivity index (χ2v) is 5.68. The van der Waals surface area contributed by atoms with Crippen LogP contribution >= 0.6 is 0 Å². The van der Waals surface area contributed by atoms with E-state index in [1.54, 1.807) is 0 Å². The van der Waals surface area contributed by atoms with Gasteiger partial charge in [0.2, 0.25) is 0 Å². The molecule has 2 saturated heterocycles. The van der Waals surface area contributed by atoms with Crippen LogP contribution in [0.25, 0.3) is 0 Å². The third-order valence-electron chi connectivity index (χ3n) is 3.39. The Hall–Kier alpha value is -0.120. The highest BCUT2D eigenvalue weighted by Crippen LogP contribution is 2.20. The normalized spacial score (nSPS) is 32.0. The predicted molar refractivity (Wildman–Crippen MR) is 61.8 cm³/mol. The summed E-state index contributed by atoms with van der Waals surface area (Å²) in [6, 6.07) is 0. The van der Waals surface area contributed by atoms with E-state index in [2.05, 4.69) is 24.1 Å². The molecule has 88 valence electrons. The molecule has 0 aromatic carbocycles. The smallest absolute Gasteiger partial charge is 0.109 e. The van der Waals surface area contributed by atoms with E-state index in [-0.39, 0.29) is 0 Å². The van der Waals surface area contributed by atoms with Crippen molar-refractivity contribution >= 4 is 0 Å². The fourth-order valence-corrected chi connectivity index (χ4v) is 2.32. The van der Waals surface area contributed by atoms with Crippen LogP contribution < -0.4 is 5.32 Å². The Morgan fingerprint density at radius 2 is 2.07 bits per heavy atom. The summed E-state index contributed by atoms with van der Waals surface area (Å²) in [4.78, 5) is 2.55. The molecular weight excluding hydrogens is 188 g/mol. The number of hydrogen-bond acceptors (Lipinski definition) is 3. The summed E-state index contributed by atoms with van der Waals surface area (Å²) < 4.78 is 5.82. The van der Waals surface area contributed by atoms with Gasteiger partial charge in [0.15, 0.2) is 0 Å². The van der Waals surface area contributed by atoms with Crippen molar-refractivity contribution in [2.45, 2.75) is 39.3 Å². The SMILES string of the molecule is CC1(C)CNC(CCN2CCCC2)OC1. The van der Waals surface area contributed by atoms with E-state index in [9.17, 15) is 0 Å². The standard InChI is InChI=1S/C12H24N2O/c1-12(2)9-13-11(15-10-12)5-8-14-6-3-4-7-14/h11,13H,3-10H2,1-2H3. The van der Waals surface area contributed by atoms with Crippen molar-refractivity contribution in [3.05, 3.63) is 0 Å². The van der Waals surface area contributed by atoms with Gasteiger partial charge in [0.1, 0.15) is 6.23 Å². The molecule has 15 heavy (non-hydrogen) atoms. The lowest BCUT2D eigenvalue weighted by Gasteiger charge is -2.36. The molecule has 0 bridgehead atoms. The molecular formula is C12H24N2O. The molecule has 2 rings (SSSR count). The molecule has 0 amide bonds. The number of likely N-dealkylation sites (tertiary alicyclic amines) is 1. The maximum absolute atomic E-state index is 5.82.